The van der Waals surface area contributed by atoms with Crippen LogP contribution < -0.4 is 5.32 Å². The lowest BCUT2D eigenvalue weighted by atomic mass is 10.3. The number of aromatic nitrogens is 2. The van der Waals surface area contributed by atoms with Gasteiger partial charge in [-0.2, -0.15) is 0 Å². The molecule has 0 bridgehead atoms. The van der Waals surface area contributed by atoms with Crippen molar-refractivity contribution in [2.45, 2.75) is 6.61 Å². The smallest absolute Gasteiger partial charge is 0.172 e. The Morgan fingerprint density at radius 3 is 2.78 bits per heavy atom. The van der Waals surface area contributed by atoms with E-state index in [0.29, 0.717) is 6.61 Å². The molecule has 96 valence electrons. The number of nitrogens with zero attached hydrogens (tertiary/aromatic N) is 2. The monoisotopic (exact) mass is 439 g/mol. The second kappa shape index (κ2) is 6.27. The first-order valence-electron chi connectivity index (χ1n) is 5.14. The maximum Gasteiger partial charge on any atom is 0.172 e. The van der Waals surface area contributed by atoms with Crippen molar-refractivity contribution in [2.24, 2.45) is 0 Å². The number of halogens is 2. The van der Waals surface area contributed by atoms with E-state index in [-0.39, 0.29) is 0 Å². The van der Waals surface area contributed by atoms with Gasteiger partial charge < -0.3 is 10.1 Å². The van der Waals surface area contributed by atoms with Gasteiger partial charge in [0.25, 0.3) is 0 Å². The van der Waals surface area contributed by atoms with E-state index in [1.165, 1.54) is 0 Å². The summed E-state index contributed by atoms with van der Waals surface area (Å²) in [6.45, 7) is 0.481. The number of hydrogen-bond acceptors (Lipinski definition) is 5. The van der Waals surface area contributed by atoms with Crippen molar-refractivity contribution in [2.75, 3.05) is 19.5 Å². The fraction of sp³-hybridized carbons (Fsp3) is 0.273. The summed E-state index contributed by atoms with van der Waals surface area (Å²) < 4.78 is 7.24. The average Bonchev–Trinajstić information content (AvgIpc) is 2.79. The molecule has 0 spiro atoms. The van der Waals surface area contributed by atoms with Gasteiger partial charge in [0.2, 0.25) is 0 Å². The molecule has 0 aromatic carbocycles. The number of ether oxygens (including phenoxy) is 1. The third-order valence-electron chi connectivity index (χ3n) is 2.23. The molecule has 0 radical (unpaired) electrons. The van der Waals surface area contributed by atoms with Crippen molar-refractivity contribution < 1.29 is 4.74 Å². The molecule has 0 fully saturated rings. The zero-order valence-corrected chi connectivity index (χ0v) is 14.4. The van der Waals surface area contributed by atoms with Crippen LogP contribution in [-0.4, -0.2) is 24.1 Å². The molecule has 0 aliphatic rings. The summed E-state index contributed by atoms with van der Waals surface area (Å²) in [5.74, 6) is 1.56. The van der Waals surface area contributed by atoms with E-state index in [1.54, 1.807) is 18.4 Å². The summed E-state index contributed by atoms with van der Waals surface area (Å²) in [5.41, 5.74) is 0.900. The van der Waals surface area contributed by atoms with E-state index in [0.717, 1.165) is 29.6 Å². The fourth-order valence-electron chi connectivity index (χ4n) is 1.44. The van der Waals surface area contributed by atoms with Crippen molar-refractivity contribution in [3.8, 4) is 10.7 Å². The second-order valence-corrected chi connectivity index (χ2v) is 6.99. The van der Waals surface area contributed by atoms with E-state index in [2.05, 4.69) is 53.8 Å². The van der Waals surface area contributed by atoms with Gasteiger partial charge in [-0.1, -0.05) is 0 Å². The molecule has 1 N–H and O–H groups in total. The minimum absolute atomic E-state index is 0.481. The molecule has 18 heavy (non-hydrogen) atoms. The number of anilines is 1. The molecule has 0 saturated heterocycles. The molecule has 4 nitrogen and oxygen atoms in total. The standard InChI is InChI=1S/C11H11BrIN3OS/c1-14-11-9(13)6(5-17-2)15-10(16-11)7-3-4-8(12)18-7/h3-4H,5H2,1-2H3,(H,14,15,16). The van der Waals surface area contributed by atoms with Crippen LogP contribution in [0.25, 0.3) is 10.7 Å². The van der Waals surface area contributed by atoms with Crippen LogP contribution in [0, 0.1) is 3.57 Å². The van der Waals surface area contributed by atoms with E-state index in [4.69, 9.17) is 4.74 Å². The predicted octanol–water partition coefficient (Wildman–Crippen LogP) is 3.76. The van der Waals surface area contributed by atoms with Crippen molar-refractivity contribution in [3.63, 3.8) is 0 Å². The summed E-state index contributed by atoms with van der Waals surface area (Å²) in [5, 5.41) is 3.09. The largest absolute Gasteiger partial charge is 0.378 e. The van der Waals surface area contributed by atoms with E-state index in [9.17, 15) is 0 Å². The Bertz CT molecular complexity index is 561. The van der Waals surface area contributed by atoms with Crippen molar-refractivity contribution in [1.29, 1.82) is 0 Å². The quantitative estimate of drug-likeness (QED) is 0.736. The molecule has 7 heteroatoms. The highest BCUT2D eigenvalue weighted by molar-refractivity contribution is 14.1. The van der Waals surface area contributed by atoms with Gasteiger partial charge in [-0.3, -0.25) is 0 Å². The molecule has 2 aromatic heterocycles. The molecule has 0 aliphatic carbocycles. The zero-order chi connectivity index (χ0) is 13.1. The zero-order valence-electron chi connectivity index (χ0n) is 9.83. The van der Waals surface area contributed by atoms with Crippen LogP contribution in [0.1, 0.15) is 5.69 Å². The molecule has 0 atom stereocenters. The molecular formula is C11H11BrIN3OS. The van der Waals surface area contributed by atoms with E-state index in [1.807, 2.05) is 19.2 Å². The molecule has 0 unspecified atom stereocenters. The first kappa shape index (κ1) is 14.2. The van der Waals surface area contributed by atoms with Crippen LogP contribution in [0.4, 0.5) is 5.82 Å². The molecule has 0 amide bonds. The third-order valence-corrected chi connectivity index (χ3v) is 4.98. The highest BCUT2D eigenvalue weighted by atomic mass is 127. The number of rotatable bonds is 4. The van der Waals surface area contributed by atoms with Gasteiger partial charge in [0.1, 0.15) is 5.82 Å². The number of hydrogen-bond donors (Lipinski definition) is 1. The van der Waals surface area contributed by atoms with Gasteiger partial charge >= 0.3 is 0 Å². The maximum absolute atomic E-state index is 5.18. The Balaban J connectivity index is 2.51. The topological polar surface area (TPSA) is 47.0 Å². The van der Waals surface area contributed by atoms with Crippen LogP contribution in [-0.2, 0) is 11.3 Å². The first-order valence-corrected chi connectivity index (χ1v) is 7.83. The van der Waals surface area contributed by atoms with Gasteiger partial charge in [0, 0.05) is 14.2 Å². The summed E-state index contributed by atoms with van der Waals surface area (Å²) in [4.78, 5) is 10.1. The van der Waals surface area contributed by atoms with Crippen LogP contribution in [0.3, 0.4) is 0 Å². The van der Waals surface area contributed by atoms with Crippen LogP contribution in [0.2, 0.25) is 0 Å². The summed E-state index contributed by atoms with van der Waals surface area (Å²) in [6, 6.07) is 4.00. The lowest BCUT2D eigenvalue weighted by Crippen LogP contribution is -2.05. The lowest BCUT2D eigenvalue weighted by Gasteiger charge is -2.09. The van der Waals surface area contributed by atoms with Gasteiger partial charge in [0.15, 0.2) is 5.82 Å². The summed E-state index contributed by atoms with van der Waals surface area (Å²) >= 11 is 7.30. The number of thiophene rings is 1. The fourth-order valence-corrected chi connectivity index (χ4v) is 3.42. The van der Waals surface area contributed by atoms with E-state index < -0.39 is 0 Å². The van der Waals surface area contributed by atoms with Crippen molar-refractivity contribution in [1.82, 2.24) is 9.97 Å². The molecule has 2 heterocycles. The Morgan fingerprint density at radius 1 is 1.44 bits per heavy atom. The van der Waals surface area contributed by atoms with Gasteiger partial charge in [-0.05, 0) is 50.7 Å². The molecule has 0 aliphatic heterocycles. The molecule has 0 saturated carbocycles. The highest BCUT2D eigenvalue weighted by Gasteiger charge is 2.13. The Labute approximate surface area is 131 Å². The Kier molecular flexibility index (Phi) is 4.93. The minimum atomic E-state index is 0.481. The lowest BCUT2D eigenvalue weighted by molar-refractivity contribution is 0.181. The first-order chi connectivity index (χ1) is 8.65. The third kappa shape index (κ3) is 3.01. The highest BCUT2D eigenvalue weighted by Crippen LogP contribution is 2.31. The van der Waals surface area contributed by atoms with Gasteiger partial charge in [-0.25, -0.2) is 9.97 Å². The minimum Gasteiger partial charge on any atom is -0.378 e. The maximum atomic E-state index is 5.18. The SMILES string of the molecule is CNc1nc(-c2ccc(Br)s2)nc(COC)c1I. The van der Waals surface area contributed by atoms with Crippen LogP contribution in [0.15, 0.2) is 15.9 Å². The van der Waals surface area contributed by atoms with Crippen molar-refractivity contribution in [3.05, 3.63) is 25.2 Å². The van der Waals surface area contributed by atoms with Crippen molar-refractivity contribution >= 4 is 55.7 Å². The Hall–Kier alpha value is -0.250. The summed E-state index contributed by atoms with van der Waals surface area (Å²) in [6.07, 6.45) is 0. The van der Waals surface area contributed by atoms with E-state index >= 15 is 0 Å². The average molecular weight is 440 g/mol. The van der Waals surface area contributed by atoms with Crippen LogP contribution in [0.5, 0.6) is 0 Å². The normalized spacial score (nSPS) is 10.7. The molecule has 2 rings (SSSR count). The second-order valence-electron chi connectivity index (χ2n) is 3.44. The molecule has 2 aromatic rings. The van der Waals surface area contributed by atoms with Gasteiger partial charge in [0.05, 0.1) is 24.5 Å². The molecular weight excluding hydrogens is 429 g/mol. The summed E-state index contributed by atoms with van der Waals surface area (Å²) in [7, 11) is 3.52. The number of methoxy groups -OCH3 is 1. The number of nitrogens with one attached hydrogen (secondary N) is 1. The Morgan fingerprint density at radius 2 is 2.22 bits per heavy atom. The van der Waals surface area contributed by atoms with Gasteiger partial charge in [-0.15, -0.1) is 11.3 Å². The predicted molar refractivity (Wildman–Crippen MR) is 86.0 cm³/mol. The van der Waals surface area contributed by atoms with Crippen LogP contribution >= 0.6 is 49.9 Å².